The number of aryl methyl sites for hydroxylation is 2. The molecule has 0 saturated heterocycles. The Labute approximate surface area is 154 Å². The van der Waals surface area contributed by atoms with Gasteiger partial charge in [0.05, 0.1) is 5.56 Å². The van der Waals surface area contributed by atoms with Crippen molar-refractivity contribution in [2.45, 2.75) is 65.4 Å². The van der Waals surface area contributed by atoms with Crippen molar-refractivity contribution in [1.82, 2.24) is 0 Å². The average Bonchev–Trinajstić information content (AvgIpc) is 2.58. The molecule has 2 rings (SSSR count). The van der Waals surface area contributed by atoms with Crippen LogP contribution in [0.5, 0.6) is 11.5 Å². The third kappa shape index (κ3) is 4.96. The number of unbranched alkanes of at least 4 members (excludes halogenated alkanes) is 2. The van der Waals surface area contributed by atoms with Crippen LogP contribution in [-0.2, 0) is 12.5 Å². The number of rotatable bonds is 8. The van der Waals surface area contributed by atoms with Gasteiger partial charge in [-0.05, 0) is 61.1 Å². The monoisotopic (exact) mass is 362 g/mol. The zero-order chi connectivity index (χ0) is 19.3. The van der Waals surface area contributed by atoms with Crippen LogP contribution in [0.3, 0.4) is 0 Å². The topological polar surface area (TPSA) is 29.5 Å². The maximum atomic E-state index is 14.6. The van der Waals surface area contributed by atoms with E-state index in [1.165, 1.54) is 24.3 Å². The smallest absolute Gasteiger partial charge is 0.426 e. The molecule has 0 amide bonds. The van der Waals surface area contributed by atoms with Crippen LogP contribution >= 0.6 is 0 Å². The summed E-state index contributed by atoms with van der Waals surface area (Å²) in [4.78, 5) is 0. The molecule has 0 radical (unpaired) electrons. The highest BCUT2D eigenvalue weighted by atomic mass is 19.3. The summed E-state index contributed by atoms with van der Waals surface area (Å²) < 4.78 is 34.1. The number of benzene rings is 2. The van der Waals surface area contributed by atoms with Crippen LogP contribution < -0.4 is 4.74 Å². The number of aromatic hydroxyl groups is 1. The van der Waals surface area contributed by atoms with Crippen molar-refractivity contribution in [2.24, 2.45) is 0 Å². The minimum atomic E-state index is -3.43. The van der Waals surface area contributed by atoms with Gasteiger partial charge >= 0.3 is 6.11 Å². The van der Waals surface area contributed by atoms with Crippen molar-refractivity contribution < 1.29 is 18.6 Å². The van der Waals surface area contributed by atoms with Crippen LogP contribution in [0, 0.1) is 6.92 Å². The molecule has 1 N–H and O–H groups in total. The first-order valence-electron chi connectivity index (χ1n) is 9.24. The zero-order valence-electron chi connectivity index (χ0n) is 16.0. The third-order valence-electron chi connectivity index (χ3n) is 4.53. The molecule has 4 heteroatoms. The highest BCUT2D eigenvalue weighted by Gasteiger charge is 2.34. The van der Waals surface area contributed by atoms with Crippen LogP contribution in [0.25, 0.3) is 0 Å². The summed E-state index contributed by atoms with van der Waals surface area (Å²) in [6.45, 7) is 7.61. The quantitative estimate of drug-likeness (QED) is 0.530. The van der Waals surface area contributed by atoms with Crippen LogP contribution in [-0.4, -0.2) is 5.11 Å². The number of phenolic OH excluding ortho intramolecular Hbond substituents is 1. The molecule has 26 heavy (non-hydrogen) atoms. The molecule has 0 aliphatic carbocycles. The Balaban J connectivity index is 2.18. The standard InChI is InChI=1S/C22H28F2O2/c1-5-6-7-8-17-9-11-18(12-10-17)22(23,24)26-19-13-16(4)21(25)20(14-19)15(2)3/h9-15,25H,5-8H2,1-4H3. The molecule has 0 bridgehead atoms. The summed E-state index contributed by atoms with van der Waals surface area (Å²) >= 11 is 0. The Kier molecular flexibility index (Phi) is 6.63. The maximum Gasteiger partial charge on any atom is 0.426 e. The fourth-order valence-electron chi connectivity index (χ4n) is 2.92. The molecule has 0 aliphatic rings. The van der Waals surface area contributed by atoms with Crippen LogP contribution in [0.15, 0.2) is 36.4 Å². The van der Waals surface area contributed by atoms with Gasteiger partial charge in [-0.1, -0.05) is 45.7 Å². The molecule has 0 heterocycles. The summed E-state index contributed by atoms with van der Waals surface area (Å²) in [5, 5.41) is 10.1. The average molecular weight is 362 g/mol. The van der Waals surface area contributed by atoms with Gasteiger partial charge in [-0.25, -0.2) is 0 Å². The van der Waals surface area contributed by atoms with Crippen molar-refractivity contribution in [1.29, 1.82) is 0 Å². The lowest BCUT2D eigenvalue weighted by molar-refractivity contribution is -0.185. The zero-order valence-corrected chi connectivity index (χ0v) is 16.0. The van der Waals surface area contributed by atoms with E-state index in [9.17, 15) is 13.9 Å². The van der Waals surface area contributed by atoms with Crippen molar-refractivity contribution in [3.05, 3.63) is 58.7 Å². The van der Waals surface area contributed by atoms with Crippen molar-refractivity contribution in [2.75, 3.05) is 0 Å². The predicted molar refractivity (Wildman–Crippen MR) is 101 cm³/mol. The van der Waals surface area contributed by atoms with Gasteiger partial charge in [0.2, 0.25) is 0 Å². The first-order chi connectivity index (χ1) is 12.2. The van der Waals surface area contributed by atoms with Gasteiger partial charge in [-0.15, -0.1) is 0 Å². The van der Waals surface area contributed by atoms with Gasteiger partial charge < -0.3 is 9.84 Å². The van der Waals surface area contributed by atoms with Crippen molar-refractivity contribution in [3.63, 3.8) is 0 Å². The fraction of sp³-hybridized carbons (Fsp3) is 0.455. The van der Waals surface area contributed by atoms with E-state index in [2.05, 4.69) is 6.92 Å². The molecule has 2 nitrogen and oxygen atoms in total. The summed E-state index contributed by atoms with van der Waals surface area (Å²) in [6, 6.07) is 9.26. The molecular weight excluding hydrogens is 334 g/mol. The van der Waals surface area contributed by atoms with E-state index in [1.54, 1.807) is 19.1 Å². The number of alkyl halides is 2. The van der Waals surface area contributed by atoms with Crippen molar-refractivity contribution >= 4 is 0 Å². The molecule has 0 aromatic heterocycles. The summed E-state index contributed by atoms with van der Waals surface area (Å²) in [5.41, 5.74) is 2.00. The lowest BCUT2D eigenvalue weighted by Gasteiger charge is -2.21. The van der Waals surface area contributed by atoms with Gasteiger partial charge in [0.1, 0.15) is 11.5 Å². The number of hydrogen-bond donors (Lipinski definition) is 1. The van der Waals surface area contributed by atoms with Crippen molar-refractivity contribution in [3.8, 4) is 11.5 Å². The first-order valence-corrected chi connectivity index (χ1v) is 9.24. The number of halogens is 2. The molecule has 0 fully saturated rings. The number of phenols is 1. The molecular formula is C22H28F2O2. The second kappa shape index (κ2) is 8.52. The Morgan fingerprint density at radius 1 is 1.08 bits per heavy atom. The van der Waals surface area contributed by atoms with Crippen LogP contribution in [0.4, 0.5) is 8.78 Å². The van der Waals surface area contributed by atoms with E-state index >= 15 is 0 Å². The maximum absolute atomic E-state index is 14.6. The highest BCUT2D eigenvalue weighted by Crippen LogP contribution is 2.37. The predicted octanol–water partition coefficient (Wildman–Crippen LogP) is 6.69. The molecule has 0 spiro atoms. The second-order valence-corrected chi connectivity index (χ2v) is 7.11. The molecule has 0 aliphatic heterocycles. The van der Waals surface area contributed by atoms with Gasteiger partial charge in [-0.3, -0.25) is 0 Å². The van der Waals surface area contributed by atoms with Gasteiger partial charge in [0, 0.05) is 5.56 Å². The Morgan fingerprint density at radius 3 is 2.31 bits per heavy atom. The number of ether oxygens (including phenoxy) is 1. The molecule has 0 unspecified atom stereocenters. The van der Waals surface area contributed by atoms with E-state index < -0.39 is 6.11 Å². The van der Waals surface area contributed by atoms with Gasteiger partial charge in [-0.2, -0.15) is 8.78 Å². The molecule has 2 aromatic rings. The summed E-state index contributed by atoms with van der Waals surface area (Å²) in [7, 11) is 0. The van der Waals surface area contributed by atoms with E-state index in [0.717, 1.165) is 31.2 Å². The fourth-order valence-corrected chi connectivity index (χ4v) is 2.92. The molecule has 142 valence electrons. The molecule has 0 atom stereocenters. The largest absolute Gasteiger partial charge is 0.507 e. The lowest BCUT2D eigenvalue weighted by atomic mass is 9.99. The Bertz CT molecular complexity index is 722. The minimum Gasteiger partial charge on any atom is -0.507 e. The number of hydrogen-bond acceptors (Lipinski definition) is 2. The Hall–Kier alpha value is -2.10. The minimum absolute atomic E-state index is 0.00766. The highest BCUT2D eigenvalue weighted by molar-refractivity contribution is 5.47. The first kappa shape index (κ1) is 20.2. The molecule has 2 aromatic carbocycles. The van der Waals surface area contributed by atoms with E-state index in [1.807, 2.05) is 13.8 Å². The molecule has 0 saturated carbocycles. The van der Waals surface area contributed by atoms with E-state index in [-0.39, 0.29) is 23.0 Å². The summed E-state index contributed by atoms with van der Waals surface area (Å²) in [6.07, 6.45) is 0.802. The van der Waals surface area contributed by atoms with Gasteiger partial charge in [0.15, 0.2) is 0 Å². The van der Waals surface area contributed by atoms with E-state index in [0.29, 0.717) is 11.1 Å². The van der Waals surface area contributed by atoms with Crippen LogP contribution in [0.2, 0.25) is 0 Å². The normalized spacial score (nSPS) is 11.8. The van der Waals surface area contributed by atoms with Crippen LogP contribution in [0.1, 0.15) is 68.2 Å². The van der Waals surface area contributed by atoms with E-state index in [4.69, 9.17) is 4.74 Å². The lowest BCUT2D eigenvalue weighted by Crippen LogP contribution is -2.22. The van der Waals surface area contributed by atoms with Gasteiger partial charge in [0.25, 0.3) is 0 Å². The SMILES string of the molecule is CCCCCc1ccc(C(F)(F)Oc2cc(C)c(O)c(C(C)C)c2)cc1. The second-order valence-electron chi connectivity index (χ2n) is 7.11. The third-order valence-corrected chi connectivity index (χ3v) is 4.53. The Morgan fingerprint density at radius 2 is 1.73 bits per heavy atom. The summed E-state index contributed by atoms with van der Waals surface area (Å²) in [5.74, 6) is 0.196.